The van der Waals surface area contributed by atoms with Crippen LogP contribution in [0.5, 0.6) is 5.75 Å². The maximum atomic E-state index is 12.5. The van der Waals surface area contributed by atoms with Gasteiger partial charge >= 0.3 is 0 Å². The predicted molar refractivity (Wildman–Crippen MR) is 88.8 cm³/mol. The number of aromatic nitrogens is 1. The highest BCUT2D eigenvalue weighted by Gasteiger charge is 2.22. The van der Waals surface area contributed by atoms with Crippen LogP contribution < -0.4 is 10.3 Å². The predicted octanol–water partition coefficient (Wildman–Crippen LogP) is 3.19. The lowest BCUT2D eigenvalue weighted by molar-refractivity contribution is 0.100. The van der Waals surface area contributed by atoms with E-state index in [1.165, 1.54) is 0 Å². The second-order valence-electron chi connectivity index (χ2n) is 5.42. The quantitative estimate of drug-likeness (QED) is 0.702. The number of H-pyrrole nitrogens is 1. The van der Waals surface area contributed by atoms with Gasteiger partial charge in [0.25, 0.3) is 5.56 Å². The van der Waals surface area contributed by atoms with Crippen molar-refractivity contribution in [2.45, 2.75) is 0 Å². The molecule has 0 aliphatic carbocycles. The number of hydrogen-bond donors (Lipinski definition) is 1. The molecule has 0 bridgehead atoms. The van der Waals surface area contributed by atoms with Crippen molar-refractivity contribution in [3.63, 3.8) is 0 Å². The zero-order valence-corrected chi connectivity index (χ0v) is 12.2. The fourth-order valence-electron chi connectivity index (χ4n) is 2.74. The Morgan fingerprint density at radius 2 is 1.78 bits per heavy atom. The Morgan fingerprint density at radius 1 is 1.00 bits per heavy atom. The van der Waals surface area contributed by atoms with Gasteiger partial charge in [-0.05, 0) is 35.7 Å². The number of hydrogen-bond acceptors (Lipinski definition) is 3. The summed E-state index contributed by atoms with van der Waals surface area (Å²) in [5, 5.41) is 0.920. The van der Waals surface area contributed by atoms with Crippen LogP contribution in [0.1, 0.15) is 15.9 Å². The zero-order valence-electron chi connectivity index (χ0n) is 12.2. The molecule has 0 saturated carbocycles. The molecule has 2 aromatic carbocycles. The second kappa shape index (κ2) is 5.25. The van der Waals surface area contributed by atoms with Gasteiger partial charge in [-0.15, -0.1) is 0 Å². The molecule has 0 unspecified atom stereocenters. The van der Waals surface area contributed by atoms with E-state index < -0.39 is 0 Å². The van der Waals surface area contributed by atoms with Crippen molar-refractivity contribution < 1.29 is 9.53 Å². The van der Waals surface area contributed by atoms with Crippen LogP contribution >= 0.6 is 0 Å². The average Bonchev–Trinajstić information content (AvgIpc) is 2.58. The number of para-hydroxylation sites is 2. The molecule has 4 heteroatoms. The van der Waals surface area contributed by atoms with E-state index in [1.807, 2.05) is 30.3 Å². The van der Waals surface area contributed by atoms with Crippen molar-refractivity contribution in [3.05, 3.63) is 81.7 Å². The lowest BCUT2D eigenvalue weighted by atomic mass is 9.98. The normalized spacial score (nSPS) is 15.5. The Labute approximate surface area is 132 Å². The third-order valence-corrected chi connectivity index (χ3v) is 3.92. The van der Waals surface area contributed by atoms with Crippen molar-refractivity contribution >= 4 is 22.8 Å². The molecule has 2 heterocycles. The van der Waals surface area contributed by atoms with E-state index in [4.69, 9.17) is 4.74 Å². The smallest absolute Gasteiger partial charge is 0.255 e. The lowest BCUT2D eigenvalue weighted by Gasteiger charge is -2.18. The number of ketones is 1. The first-order chi connectivity index (χ1) is 11.2. The Balaban J connectivity index is 1.81. The Bertz CT molecular complexity index is 1010. The van der Waals surface area contributed by atoms with E-state index in [0.29, 0.717) is 22.4 Å². The summed E-state index contributed by atoms with van der Waals surface area (Å²) in [7, 11) is 0. The third kappa shape index (κ3) is 2.34. The van der Waals surface area contributed by atoms with E-state index in [2.05, 4.69) is 4.98 Å². The van der Waals surface area contributed by atoms with Gasteiger partial charge in [0.2, 0.25) is 0 Å². The van der Waals surface area contributed by atoms with Gasteiger partial charge in [0.1, 0.15) is 12.4 Å². The van der Waals surface area contributed by atoms with Crippen molar-refractivity contribution in [2.24, 2.45) is 0 Å². The molecule has 1 aliphatic heterocycles. The molecule has 4 rings (SSSR count). The van der Waals surface area contributed by atoms with E-state index >= 15 is 0 Å². The van der Waals surface area contributed by atoms with Gasteiger partial charge < -0.3 is 9.72 Å². The molecule has 0 fully saturated rings. The number of rotatable bonds is 1. The van der Waals surface area contributed by atoms with Gasteiger partial charge in [0.05, 0.1) is 5.56 Å². The summed E-state index contributed by atoms with van der Waals surface area (Å²) in [4.78, 5) is 27.6. The van der Waals surface area contributed by atoms with E-state index in [0.717, 1.165) is 10.9 Å². The van der Waals surface area contributed by atoms with Crippen molar-refractivity contribution in [1.82, 2.24) is 4.98 Å². The summed E-state index contributed by atoms with van der Waals surface area (Å²) in [6.07, 6.45) is 1.61. The van der Waals surface area contributed by atoms with Crippen LogP contribution in [0.2, 0.25) is 0 Å². The SMILES string of the molecule is O=C1/C(=C/c2cc3ccccc3[nH]c2=O)COc2ccccc21. The largest absolute Gasteiger partial charge is 0.488 e. The maximum absolute atomic E-state index is 12.5. The molecular weight excluding hydrogens is 290 g/mol. The van der Waals surface area contributed by atoms with Crippen LogP contribution in [0.15, 0.2) is 65.0 Å². The minimum atomic E-state index is -0.220. The number of pyridine rings is 1. The van der Waals surface area contributed by atoms with Gasteiger partial charge in [-0.2, -0.15) is 0 Å². The molecule has 0 spiro atoms. The van der Waals surface area contributed by atoms with Crippen LogP contribution in [0.25, 0.3) is 17.0 Å². The van der Waals surface area contributed by atoms with Crippen LogP contribution in [-0.4, -0.2) is 17.4 Å². The molecule has 0 saturated heterocycles. The number of fused-ring (bicyclic) bond motifs is 2. The highest BCUT2D eigenvalue weighted by molar-refractivity contribution is 6.14. The molecule has 1 aliphatic rings. The molecule has 1 aromatic heterocycles. The van der Waals surface area contributed by atoms with Gasteiger partial charge in [0.15, 0.2) is 5.78 Å². The Kier molecular flexibility index (Phi) is 3.08. The number of carbonyl (C=O) groups excluding carboxylic acids is 1. The molecular formula is C19H13NO3. The third-order valence-electron chi connectivity index (χ3n) is 3.92. The van der Waals surface area contributed by atoms with Crippen molar-refractivity contribution in [1.29, 1.82) is 0 Å². The van der Waals surface area contributed by atoms with Crippen molar-refractivity contribution in [2.75, 3.05) is 6.61 Å². The fourth-order valence-corrected chi connectivity index (χ4v) is 2.74. The van der Waals surface area contributed by atoms with Crippen LogP contribution in [0, 0.1) is 0 Å². The number of ether oxygens (including phenoxy) is 1. The summed E-state index contributed by atoms with van der Waals surface area (Å²) >= 11 is 0. The van der Waals surface area contributed by atoms with Crippen LogP contribution in [0.3, 0.4) is 0 Å². The van der Waals surface area contributed by atoms with Crippen LogP contribution in [0.4, 0.5) is 0 Å². The van der Waals surface area contributed by atoms with Crippen molar-refractivity contribution in [3.8, 4) is 5.75 Å². The second-order valence-corrected chi connectivity index (χ2v) is 5.42. The number of benzene rings is 2. The molecule has 112 valence electrons. The van der Waals surface area contributed by atoms with Gasteiger partial charge in [-0.3, -0.25) is 9.59 Å². The monoisotopic (exact) mass is 303 g/mol. The molecule has 1 N–H and O–H groups in total. The first kappa shape index (κ1) is 13.5. The summed E-state index contributed by atoms with van der Waals surface area (Å²) in [5.41, 5.74) is 2.01. The number of carbonyl (C=O) groups is 1. The molecule has 4 nitrogen and oxygen atoms in total. The highest BCUT2D eigenvalue weighted by Crippen LogP contribution is 2.27. The summed E-state index contributed by atoms with van der Waals surface area (Å²) < 4.78 is 5.60. The molecule has 0 amide bonds. The fraction of sp³-hybridized carbons (Fsp3) is 0.0526. The highest BCUT2D eigenvalue weighted by atomic mass is 16.5. The van der Waals surface area contributed by atoms with E-state index in [1.54, 1.807) is 30.3 Å². The van der Waals surface area contributed by atoms with Crippen LogP contribution in [-0.2, 0) is 0 Å². The summed E-state index contributed by atoms with van der Waals surface area (Å²) in [6.45, 7) is 0.169. The number of nitrogens with one attached hydrogen (secondary N) is 1. The molecule has 0 atom stereocenters. The first-order valence-corrected chi connectivity index (χ1v) is 7.31. The molecule has 23 heavy (non-hydrogen) atoms. The van der Waals surface area contributed by atoms with Gasteiger partial charge in [-0.25, -0.2) is 0 Å². The lowest BCUT2D eigenvalue weighted by Crippen LogP contribution is -2.20. The number of aromatic amines is 1. The zero-order chi connectivity index (χ0) is 15.8. The molecule has 0 radical (unpaired) electrons. The number of Topliss-reactive ketones (excluding diaryl/α,β-unsaturated/α-hetero) is 1. The summed E-state index contributed by atoms with van der Waals surface area (Å²) in [6, 6.07) is 16.5. The topological polar surface area (TPSA) is 59.2 Å². The maximum Gasteiger partial charge on any atom is 0.255 e. The van der Waals surface area contributed by atoms with Gasteiger partial charge in [-0.1, -0.05) is 30.3 Å². The Morgan fingerprint density at radius 3 is 2.70 bits per heavy atom. The average molecular weight is 303 g/mol. The minimum absolute atomic E-state index is 0.0978. The first-order valence-electron chi connectivity index (χ1n) is 7.31. The van der Waals surface area contributed by atoms with E-state index in [9.17, 15) is 9.59 Å². The Hall–Kier alpha value is -3.14. The standard InChI is InChI=1S/C19H13NO3/c21-18-14(11-23-17-8-4-2-6-15(17)18)10-13-9-12-5-1-3-7-16(12)20-19(13)22/h1-10H,11H2,(H,20,22)/b14-10+. The van der Waals surface area contributed by atoms with E-state index in [-0.39, 0.29) is 17.9 Å². The molecule has 3 aromatic rings. The van der Waals surface area contributed by atoms with Gasteiger partial charge in [0, 0.05) is 16.7 Å². The minimum Gasteiger partial charge on any atom is -0.488 e. The summed E-state index contributed by atoms with van der Waals surface area (Å²) in [5.74, 6) is 0.487.